The molecular weight excluding hydrogens is 513 g/mol. The van der Waals surface area contributed by atoms with Crippen molar-refractivity contribution in [2.45, 2.75) is 24.4 Å². The first-order chi connectivity index (χ1) is 14.7. The molecule has 3 unspecified atom stereocenters. The molecule has 168 valence electrons. The molecule has 2 aromatic carbocycles. The molecule has 8 heteroatoms. The van der Waals surface area contributed by atoms with Crippen LogP contribution in [0.3, 0.4) is 0 Å². The summed E-state index contributed by atoms with van der Waals surface area (Å²) in [5.41, 5.74) is 1.81. The van der Waals surface area contributed by atoms with E-state index in [0.717, 1.165) is 30.6 Å². The highest BCUT2D eigenvalue weighted by molar-refractivity contribution is 14.0. The minimum atomic E-state index is -0.238. The molecule has 3 atom stereocenters. The lowest BCUT2D eigenvalue weighted by atomic mass is 10.0. The van der Waals surface area contributed by atoms with Crippen molar-refractivity contribution in [3.63, 3.8) is 0 Å². The maximum atomic E-state index is 14.0. The van der Waals surface area contributed by atoms with Crippen LogP contribution in [-0.4, -0.2) is 56.8 Å². The van der Waals surface area contributed by atoms with Crippen molar-refractivity contribution in [2.24, 2.45) is 4.99 Å². The van der Waals surface area contributed by atoms with Gasteiger partial charge in [0.2, 0.25) is 0 Å². The molecule has 0 radical (unpaired) electrons. The molecule has 0 aromatic heterocycles. The third-order valence-corrected chi connectivity index (χ3v) is 5.84. The maximum absolute atomic E-state index is 14.0. The molecule has 2 aliphatic rings. The molecule has 1 heterocycles. The van der Waals surface area contributed by atoms with Gasteiger partial charge < -0.3 is 15.4 Å². The van der Waals surface area contributed by atoms with Gasteiger partial charge >= 0.3 is 0 Å². The monoisotopic (exact) mass is 542 g/mol. The van der Waals surface area contributed by atoms with Gasteiger partial charge in [-0.1, -0.05) is 30.3 Å². The lowest BCUT2D eigenvalue weighted by molar-refractivity contribution is 0.0170. The molecule has 1 saturated heterocycles. The van der Waals surface area contributed by atoms with Crippen molar-refractivity contribution < 1.29 is 13.5 Å². The molecule has 4 rings (SSSR count). The number of ether oxygens (including phenoxy) is 1. The highest BCUT2D eigenvalue weighted by Crippen LogP contribution is 2.41. The minimum Gasteiger partial charge on any atom is -0.379 e. The number of nitrogens with zero attached hydrogens (tertiary/aromatic N) is 2. The summed E-state index contributed by atoms with van der Waals surface area (Å²) in [6.45, 7) is 3.66. The average molecular weight is 542 g/mol. The number of aliphatic imine (C=N–C) groups is 1. The Morgan fingerprint density at radius 1 is 1.13 bits per heavy atom. The second kappa shape index (κ2) is 11.2. The number of hydrogen-bond donors (Lipinski definition) is 2. The Labute approximate surface area is 199 Å². The van der Waals surface area contributed by atoms with E-state index in [2.05, 4.69) is 20.5 Å². The number of hydrogen-bond acceptors (Lipinski definition) is 3. The average Bonchev–Trinajstić information content (AvgIpc) is 3.54. The van der Waals surface area contributed by atoms with Crippen LogP contribution in [-0.2, 0) is 4.74 Å². The highest BCUT2D eigenvalue weighted by Gasteiger charge is 2.40. The minimum absolute atomic E-state index is 0. The number of morpholine rings is 1. The van der Waals surface area contributed by atoms with Crippen LogP contribution in [0.25, 0.3) is 0 Å². The Morgan fingerprint density at radius 3 is 2.52 bits per heavy atom. The second-order valence-corrected chi connectivity index (χ2v) is 7.78. The topological polar surface area (TPSA) is 48.9 Å². The molecule has 2 fully saturated rings. The van der Waals surface area contributed by atoms with Crippen molar-refractivity contribution >= 4 is 29.9 Å². The van der Waals surface area contributed by atoms with E-state index in [1.54, 1.807) is 13.1 Å². The van der Waals surface area contributed by atoms with Crippen LogP contribution >= 0.6 is 24.0 Å². The van der Waals surface area contributed by atoms with Crippen LogP contribution in [0, 0.1) is 11.6 Å². The Morgan fingerprint density at radius 2 is 1.84 bits per heavy atom. The summed E-state index contributed by atoms with van der Waals surface area (Å²) < 4.78 is 32.9. The van der Waals surface area contributed by atoms with Crippen LogP contribution in [0.15, 0.2) is 53.5 Å². The first-order valence-corrected chi connectivity index (χ1v) is 10.4. The van der Waals surface area contributed by atoms with Gasteiger partial charge in [-0.2, -0.15) is 0 Å². The smallest absolute Gasteiger partial charge is 0.191 e. The third kappa shape index (κ3) is 6.14. The van der Waals surface area contributed by atoms with Crippen molar-refractivity contribution in [3.8, 4) is 0 Å². The number of halogens is 3. The van der Waals surface area contributed by atoms with Gasteiger partial charge in [0.05, 0.1) is 19.3 Å². The molecule has 1 saturated carbocycles. The van der Waals surface area contributed by atoms with Crippen molar-refractivity contribution in [1.29, 1.82) is 0 Å². The number of nitrogens with one attached hydrogen (secondary N) is 2. The summed E-state index contributed by atoms with van der Waals surface area (Å²) in [5, 5.41) is 6.81. The Hall–Kier alpha value is -1.78. The van der Waals surface area contributed by atoms with Gasteiger partial charge in [-0.3, -0.25) is 9.89 Å². The zero-order valence-corrected chi connectivity index (χ0v) is 19.9. The van der Waals surface area contributed by atoms with Crippen LogP contribution in [0.2, 0.25) is 0 Å². The first kappa shape index (κ1) is 23.9. The van der Waals surface area contributed by atoms with E-state index in [9.17, 15) is 8.78 Å². The molecule has 0 bridgehead atoms. The van der Waals surface area contributed by atoms with Gasteiger partial charge in [0.15, 0.2) is 5.96 Å². The molecule has 5 nitrogen and oxygen atoms in total. The zero-order valence-electron chi connectivity index (χ0n) is 17.6. The lowest BCUT2D eigenvalue weighted by Gasteiger charge is -2.35. The number of guanidine groups is 1. The molecule has 1 aliphatic carbocycles. The summed E-state index contributed by atoms with van der Waals surface area (Å²) in [7, 11) is 1.73. The fourth-order valence-corrected chi connectivity index (χ4v) is 4.07. The van der Waals surface area contributed by atoms with E-state index >= 15 is 0 Å². The van der Waals surface area contributed by atoms with Crippen LogP contribution in [0.1, 0.15) is 29.5 Å². The van der Waals surface area contributed by atoms with Gasteiger partial charge in [-0.05, 0) is 35.7 Å². The Bertz CT molecular complexity index is 874. The van der Waals surface area contributed by atoms with Crippen LogP contribution in [0.5, 0.6) is 0 Å². The SMILES string of the molecule is CN=C(NCC(c1ccc(F)cc1)N1CCOCC1)NC1CC1c1ccccc1F.I. The highest BCUT2D eigenvalue weighted by atomic mass is 127. The quantitative estimate of drug-likeness (QED) is 0.333. The molecule has 2 N–H and O–H groups in total. The molecule has 31 heavy (non-hydrogen) atoms. The molecular formula is C23H29F2IN4O. The summed E-state index contributed by atoms with van der Waals surface area (Å²) in [4.78, 5) is 6.68. The Balaban J connectivity index is 0.00000272. The summed E-state index contributed by atoms with van der Waals surface area (Å²) in [6.07, 6.45) is 0.881. The number of benzene rings is 2. The van der Waals surface area contributed by atoms with Gasteiger partial charge in [0, 0.05) is 38.6 Å². The van der Waals surface area contributed by atoms with Crippen LogP contribution < -0.4 is 10.6 Å². The second-order valence-electron chi connectivity index (χ2n) is 7.78. The van der Waals surface area contributed by atoms with Crippen molar-refractivity contribution in [1.82, 2.24) is 15.5 Å². The fraction of sp³-hybridized carbons (Fsp3) is 0.435. The maximum Gasteiger partial charge on any atom is 0.191 e. The summed E-state index contributed by atoms with van der Waals surface area (Å²) in [6, 6.07) is 13.9. The fourth-order valence-electron chi connectivity index (χ4n) is 4.07. The van der Waals surface area contributed by atoms with E-state index in [1.807, 2.05) is 24.3 Å². The van der Waals surface area contributed by atoms with E-state index < -0.39 is 0 Å². The van der Waals surface area contributed by atoms with Gasteiger partial charge in [0.25, 0.3) is 0 Å². The predicted octanol–water partition coefficient (Wildman–Crippen LogP) is 3.68. The third-order valence-electron chi connectivity index (χ3n) is 5.84. The van der Waals surface area contributed by atoms with E-state index in [1.165, 1.54) is 18.2 Å². The molecule has 2 aromatic rings. The lowest BCUT2D eigenvalue weighted by Crippen LogP contribution is -2.46. The van der Waals surface area contributed by atoms with Gasteiger partial charge in [-0.15, -0.1) is 24.0 Å². The van der Waals surface area contributed by atoms with Crippen molar-refractivity contribution in [2.75, 3.05) is 39.9 Å². The normalized spacial score (nSPS) is 22.4. The molecule has 0 amide bonds. The summed E-state index contributed by atoms with van der Waals surface area (Å²) >= 11 is 0. The molecule has 0 spiro atoms. The van der Waals surface area contributed by atoms with E-state index in [0.29, 0.717) is 25.7 Å². The Kier molecular flexibility index (Phi) is 8.62. The molecule has 1 aliphatic heterocycles. The zero-order chi connectivity index (χ0) is 20.9. The first-order valence-electron chi connectivity index (χ1n) is 10.4. The predicted molar refractivity (Wildman–Crippen MR) is 129 cm³/mol. The number of rotatable bonds is 6. The van der Waals surface area contributed by atoms with E-state index in [4.69, 9.17) is 4.74 Å². The van der Waals surface area contributed by atoms with Gasteiger partial charge in [0.1, 0.15) is 11.6 Å². The van der Waals surface area contributed by atoms with Crippen LogP contribution in [0.4, 0.5) is 8.78 Å². The van der Waals surface area contributed by atoms with Crippen molar-refractivity contribution in [3.05, 3.63) is 71.3 Å². The summed E-state index contributed by atoms with van der Waals surface area (Å²) in [5.74, 6) is 0.465. The largest absolute Gasteiger partial charge is 0.379 e. The standard InChI is InChI=1S/C23H28F2N4O.HI/c1-26-23(28-21-14-19(21)18-4-2-3-5-20(18)25)27-15-22(29-10-12-30-13-11-29)16-6-8-17(24)9-7-16;/h2-9,19,21-22H,10-15H2,1H3,(H2,26,27,28);1H. The van der Waals surface area contributed by atoms with Gasteiger partial charge in [-0.25, -0.2) is 8.78 Å². The van der Waals surface area contributed by atoms with E-state index in [-0.39, 0.29) is 53.6 Å².